The van der Waals surface area contributed by atoms with Gasteiger partial charge >= 0.3 is 0 Å². The molecule has 0 heterocycles. The fourth-order valence-corrected chi connectivity index (χ4v) is 6.52. The Kier molecular flexibility index (Phi) is 9.56. The molecule has 1 aromatic carbocycles. The molecule has 0 fully saturated rings. The molecule has 0 aliphatic carbocycles. The van der Waals surface area contributed by atoms with Crippen molar-refractivity contribution in [2.24, 2.45) is 0 Å². The van der Waals surface area contributed by atoms with Crippen molar-refractivity contribution in [2.75, 3.05) is 0 Å². The van der Waals surface area contributed by atoms with Crippen molar-refractivity contribution in [3.63, 3.8) is 0 Å². The van der Waals surface area contributed by atoms with Crippen molar-refractivity contribution in [1.29, 1.82) is 0 Å². The molecule has 3 nitrogen and oxygen atoms in total. The summed E-state index contributed by atoms with van der Waals surface area (Å²) in [5, 5.41) is 0. The van der Waals surface area contributed by atoms with Gasteiger partial charge in [-0.15, -0.1) is 0 Å². The minimum absolute atomic E-state index is 0.424. The Bertz CT molecular complexity index is 663. The molecule has 0 amide bonds. The second-order valence-corrected chi connectivity index (χ2v) is 16.2. The Morgan fingerprint density at radius 3 is 1.89 bits per heavy atom. The summed E-state index contributed by atoms with van der Waals surface area (Å²) in [5.74, 6) is -1.14. The third-order valence-electron chi connectivity index (χ3n) is 4.67. The molecule has 2 atom stereocenters. The quantitative estimate of drug-likeness (QED) is 0.219. The molecular weight excluding hydrogens is 394 g/mol. The van der Waals surface area contributed by atoms with Gasteiger partial charge in [0.2, 0.25) is 0 Å². The molecule has 158 valence electrons. The highest BCUT2D eigenvalue weighted by molar-refractivity contribution is 6.74. The van der Waals surface area contributed by atoms with Crippen LogP contribution in [0.15, 0.2) is 24.3 Å². The summed E-state index contributed by atoms with van der Waals surface area (Å²) in [6.07, 6.45) is 6.12. The van der Waals surface area contributed by atoms with Crippen molar-refractivity contribution in [3.8, 4) is 11.5 Å². The lowest BCUT2D eigenvalue weighted by molar-refractivity contribution is -0.104. The maximum Gasteiger partial charge on any atom is 0.278 e. The molecule has 0 aliphatic rings. The molecule has 0 spiro atoms. The van der Waals surface area contributed by atoms with Gasteiger partial charge in [-0.25, -0.2) is 8.78 Å². The molecule has 28 heavy (non-hydrogen) atoms. The van der Waals surface area contributed by atoms with Crippen LogP contribution in [0.5, 0.6) is 11.5 Å². The van der Waals surface area contributed by atoms with Crippen molar-refractivity contribution in [1.82, 2.24) is 0 Å². The standard InChI is InChI=1S/C21H34F2O3Si2/c1-7-10-20(22)27(3,4)25-18-14-13-17(12-9-15-24)16-19(18)26-28(5,6)21(23)11-8-2/h9,12-16,20-21H,7-8,10-11H2,1-6H3. The lowest BCUT2D eigenvalue weighted by Crippen LogP contribution is -2.47. The van der Waals surface area contributed by atoms with E-state index in [9.17, 15) is 13.6 Å². The highest BCUT2D eigenvalue weighted by atomic mass is 28.4. The second-order valence-electron chi connectivity index (χ2n) is 8.12. The molecule has 1 aromatic rings. The minimum Gasteiger partial charge on any atom is -0.539 e. The Hall–Kier alpha value is -1.48. The van der Waals surface area contributed by atoms with Crippen LogP contribution in [0.2, 0.25) is 26.2 Å². The van der Waals surface area contributed by atoms with Crippen LogP contribution < -0.4 is 8.85 Å². The first-order valence-electron chi connectivity index (χ1n) is 9.99. The average Bonchev–Trinajstić information content (AvgIpc) is 2.61. The summed E-state index contributed by atoms with van der Waals surface area (Å²) in [7, 11) is -5.35. The van der Waals surface area contributed by atoms with Gasteiger partial charge in [0.05, 0.1) is 0 Å². The molecule has 7 heteroatoms. The van der Waals surface area contributed by atoms with Gasteiger partial charge in [0, 0.05) is 0 Å². The fraction of sp³-hybridized carbons (Fsp3) is 0.571. The Morgan fingerprint density at radius 1 is 0.929 bits per heavy atom. The maximum atomic E-state index is 14.7. The summed E-state index contributed by atoms with van der Waals surface area (Å²) < 4.78 is 41.6. The SMILES string of the molecule is CCCC(F)[Si](C)(C)Oc1ccc(C=CC=O)cc1O[Si](C)(C)C(F)CCC. The van der Waals surface area contributed by atoms with Crippen LogP contribution in [-0.2, 0) is 4.79 Å². The highest BCUT2D eigenvalue weighted by Gasteiger charge is 2.39. The third kappa shape index (κ3) is 7.16. The van der Waals surface area contributed by atoms with Crippen LogP contribution in [0.25, 0.3) is 6.08 Å². The lowest BCUT2D eigenvalue weighted by atomic mass is 10.2. The van der Waals surface area contributed by atoms with Gasteiger partial charge in [-0.1, -0.05) is 38.8 Å². The van der Waals surface area contributed by atoms with Gasteiger partial charge in [0.1, 0.15) is 29.4 Å². The number of alkyl halides is 2. The van der Waals surface area contributed by atoms with Gasteiger partial charge in [-0.3, -0.25) is 4.79 Å². The summed E-state index contributed by atoms with van der Waals surface area (Å²) in [4.78, 5) is 10.6. The minimum atomic E-state index is -2.69. The van der Waals surface area contributed by atoms with Gasteiger partial charge in [-0.2, -0.15) is 0 Å². The fourth-order valence-electron chi connectivity index (χ4n) is 2.84. The number of rotatable bonds is 12. The first-order chi connectivity index (χ1) is 13.1. The number of carbonyl (C=O) groups excluding carboxylic acids is 1. The van der Waals surface area contributed by atoms with E-state index in [1.807, 2.05) is 40.0 Å². The number of allylic oxidation sites excluding steroid dienone is 1. The summed E-state index contributed by atoms with van der Waals surface area (Å²) >= 11 is 0. The summed E-state index contributed by atoms with van der Waals surface area (Å²) in [6.45, 7) is 11.2. The van der Waals surface area contributed by atoms with Gasteiger partial charge in [-0.05, 0) is 62.8 Å². The molecular formula is C21H34F2O3Si2. The third-order valence-corrected chi connectivity index (χ3v) is 9.76. The molecule has 1 rings (SSSR count). The van der Waals surface area contributed by atoms with Crippen molar-refractivity contribution < 1.29 is 22.4 Å². The summed E-state index contributed by atoms with van der Waals surface area (Å²) in [6, 6.07) is 5.25. The molecule has 0 bridgehead atoms. The van der Waals surface area contributed by atoms with E-state index < -0.39 is 28.2 Å². The van der Waals surface area contributed by atoms with Gasteiger partial charge < -0.3 is 8.85 Å². The average molecular weight is 429 g/mol. The predicted molar refractivity (Wildman–Crippen MR) is 117 cm³/mol. The number of hydrogen-bond donors (Lipinski definition) is 0. The second kappa shape index (κ2) is 10.9. The number of halogens is 2. The van der Waals surface area contributed by atoms with Crippen molar-refractivity contribution in [2.45, 2.75) is 77.3 Å². The normalized spacial score (nSPS) is 14.7. The van der Waals surface area contributed by atoms with Crippen LogP contribution >= 0.6 is 0 Å². The number of hydrogen-bond acceptors (Lipinski definition) is 3. The largest absolute Gasteiger partial charge is 0.539 e. The van der Waals surface area contributed by atoms with E-state index in [2.05, 4.69) is 0 Å². The van der Waals surface area contributed by atoms with E-state index in [1.165, 1.54) is 6.08 Å². The Morgan fingerprint density at radius 2 is 1.43 bits per heavy atom. The molecule has 0 aliphatic heterocycles. The van der Waals surface area contributed by atoms with Crippen LogP contribution in [0, 0.1) is 0 Å². The number of carbonyl (C=O) groups is 1. The van der Waals surface area contributed by atoms with Crippen molar-refractivity contribution in [3.05, 3.63) is 29.8 Å². The zero-order valence-electron chi connectivity index (χ0n) is 17.9. The van der Waals surface area contributed by atoms with E-state index in [-0.39, 0.29) is 0 Å². The van der Waals surface area contributed by atoms with E-state index in [0.29, 0.717) is 30.6 Å². The maximum absolute atomic E-state index is 14.7. The summed E-state index contributed by atoms with van der Waals surface area (Å²) in [5.41, 5.74) is 0.745. The lowest BCUT2D eigenvalue weighted by Gasteiger charge is -2.32. The number of aldehydes is 1. The molecule has 0 aromatic heterocycles. The zero-order valence-corrected chi connectivity index (χ0v) is 19.9. The Balaban J connectivity index is 3.25. The van der Waals surface area contributed by atoms with Crippen LogP contribution in [0.3, 0.4) is 0 Å². The molecule has 0 N–H and O–H groups in total. The smallest absolute Gasteiger partial charge is 0.278 e. The van der Waals surface area contributed by atoms with Crippen LogP contribution in [0.1, 0.15) is 45.1 Å². The first-order valence-corrected chi connectivity index (χ1v) is 16.0. The monoisotopic (exact) mass is 428 g/mol. The van der Waals surface area contributed by atoms with E-state index in [0.717, 1.165) is 18.4 Å². The molecule has 0 radical (unpaired) electrons. The van der Waals surface area contributed by atoms with Gasteiger partial charge in [0.15, 0.2) is 0 Å². The molecule has 0 saturated carbocycles. The van der Waals surface area contributed by atoms with Crippen molar-refractivity contribution >= 4 is 29.0 Å². The highest BCUT2D eigenvalue weighted by Crippen LogP contribution is 2.35. The topological polar surface area (TPSA) is 35.5 Å². The van der Waals surface area contributed by atoms with E-state index in [1.54, 1.807) is 24.3 Å². The van der Waals surface area contributed by atoms with Gasteiger partial charge in [0.25, 0.3) is 16.6 Å². The van der Waals surface area contributed by atoms with E-state index >= 15 is 0 Å². The van der Waals surface area contributed by atoms with Crippen LogP contribution in [0.4, 0.5) is 8.78 Å². The number of benzene rings is 1. The first kappa shape index (κ1) is 24.6. The molecule has 2 unspecified atom stereocenters. The molecule has 0 saturated heterocycles. The van der Waals surface area contributed by atoms with E-state index in [4.69, 9.17) is 8.85 Å². The zero-order chi connectivity index (χ0) is 21.4. The predicted octanol–water partition coefficient (Wildman–Crippen LogP) is 6.42. The Labute approximate surface area is 170 Å². The van der Waals surface area contributed by atoms with Crippen LogP contribution in [-0.4, -0.2) is 34.5 Å².